The fourth-order valence-corrected chi connectivity index (χ4v) is 17.7. The molecule has 16 atom stereocenters. The molecule has 14 unspecified atom stereocenters. The summed E-state index contributed by atoms with van der Waals surface area (Å²) in [5, 5.41) is 18.8. The Hall–Kier alpha value is -3.36. The van der Waals surface area contributed by atoms with Crippen molar-refractivity contribution in [1.29, 1.82) is 0 Å². The van der Waals surface area contributed by atoms with E-state index in [1.54, 1.807) is 41.5 Å². The van der Waals surface area contributed by atoms with Gasteiger partial charge in [0.1, 0.15) is 5.78 Å². The van der Waals surface area contributed by atoms with Gasteiger partial charge in [-0.2, -0.15) is 0 Å². The average molecular weight is 1540 g/mol. The summed E-state index contributed by atoms with van der Waals surface area (Å²) in [5.41, 5.74) is 0.521. The van der Waals surface area contributed by atoms with Crippen molar-refractivity contribution >= 4 is 46.5 Å². The van der Waals surface area contributed by atoms with E-state index in [1.165, 1.54) is 57.8 Å². The monoisotopic (exact) mass is 1540 g/mol. The van der Waals surface area contributed by atoms with Crippen LogP contribution in [0.4, 0.5) is 0 Å². The van der Waals surface area contributed by atoms with Gasteiger partial charge in [-0.25, -0.2) is 0 Å². The molecule has 2 amide bonds. The molecule has 18 nitrogen and oxygen atoms in total. The lowest BCUT2D eigenvalue weighted by Crippen LogP contribution is -2.63. The van der Waals surface area contributed by atoms with Crippen LogP contribution in [-0.4, -0.2) is 157 Å². The molecule has 4 fully saturated rings. The lowest BCUT2D eigenvalue weighted by atomic mass is 9.43. The van der Waals surface area contributed by atoms with E-state index < -0.39 is 24.0 Å². The molecule has 638 valence electrons. The van der Waals surface area contributed by atoms with E-state index in [0.29, 0.717) is 101 Å². The van der Waals surface area contributed by atoms with E-state index in [2.05, 4.69) is 157 Å². The molecule has 4 rings (SSSR count). The van der Waals surface area contributed by atoms with Crippen LogP contribution in [0.3, 0.4) is 0 Å². The predicted octanol–water partition coefficient (Wildman–Crippen LogP) is 17.4. The number of carbonyl (C=O) groups is 8. The summed E-state index contributed by atoms with van der Waals surface area (Å²) in [7, 11) is 0. The Kier molecular flexibility index (Phi) is 49.0. The minimum Gasteiger partial charge on any atom is -0.379 e. The van der Waals surface area contributed by atoms with Gasteiger partial charge in [-0.3, -0.25) is 38.4 Å². The second-order valence-electron chi connectivity index (χ2n) is 38.0. The Labute approximate surface area is 668 Å². The normalized spacial score (nSPS) is 24.3. The maximum absolute atomic E-state index is 12.8. The highest BCUT2D eigenvalue weighted by atomic mass is 16.5. The summed E-state index contributed by atoms with van der Waals surface area (Å²) in [6.07, 6.45) is 18.2. The zero-order chi connectivity index (χ0) is 83.7. The molecule has 0 aliphatic heterocycles. The number of unbranched alkanes of at least 4 members (excludes halogenated alkanes) is 2. The number of ether oxygens (including phenoxy) is 4. The quantitative estimate of drug-likeness (QED) is 0.0310. The van der Waals surface area contributed by atoms with Crippen molar-refractivity contribution in [2.75, 3.05) is 13.2 Å². The largest absolute Gasteiger partial charge is 0.379 e. The Morgan fingerprint density at radius 2 is 0.835 bits per heavy atom. The standard InChI is InChI=1S/C34H62O4.C30H53N3O6.C14H30N2O.C13H27NO/c1-20(2)35-19-24(9)27-12-13-28-32-29(18-31(34(27,28)11)38-23(7)8)33(10)15-14-26(36-21(3)4)16-25(33)17-30(32)37-22(5)6;1-17(2)25(34)14-11-23(29(38)19(5)6)32-27(36)16-13-24(30(39)20(7)8)33-26(35)15-12-22(31-21(9)10)28(37)18(3)4;1-10(2)14(17)13(16-12(5)6)8-7-9-15-11(3)4;1-6-7-8-9-12(14-11(4)5)13(15)10(2)3/h20-32H,12-19H2,1-11H3;17-24,31H,11-16H2,1-10H3,(H,32,36)(H,33,35);10-13,15-16H,7-9H2,1-6H3;10-12,14H,6-9H2,1-5H3/t24-,25?,26?,27?,28?,29?,30?,31?,32?,33?,34?;;;12-/m1..0/s1. The van der Waals surface area contributed by atoms with Crippen molar-refractivity contribution in [3.05, 3.63) is 0 Å². The van der Waals surface area contributed by atoms with Crippen LogP contribution < -0.4 is 31.9 Å². The third kappa shape index (κ3) is 36.6. The molecule has 0 aromatic heterocycles. The smallest absolute Gasteiger partial charge is 0.220 e. The number of hydrogen-bond acceptors (Lipinski definition) is 16. The van der Waals surface area contributed by atoms with Gasteiger partial charge < -0.3 is 50.8 Å². The summed E-state index contributed by atoms with van der Waals surface area (Å²) in [5.74, 6) is 2.70. The van der Waals surface area contributed by atoms with Gasteiger partial charge in [-0.05, 0) is 186 Å². The van der Waals surface area contributed by atoms with Crippen molar-refractivity contribution in [1.82, 2.24) is 31.9 Å². The maximum Gasteiger partial charge on any atom is 0.220 e. The average Bonchev–Trinajstić information content (AvgIpc) is 1.66. The van der Waals surface area contributed by atoms with Crippen LogP contribution in [-0.2, 0) is 57.3 Å². The third-order valence-corrected chi connectivity index (χ3v) is 23.3. The highest BCUT2D eigenvalue weighted by molar-refractivity contribution is 5.93. The number of fused-ring (bicyclic) bond motifs is 5. The van der Waals surface area contributed by atoms with Crippen LogP contribution in [0.1, 0.15) is 344 Å². The molecule has 18 heteroatoms. The van der Waals surface area contributed by atoms with Gasteiger partial charge in [-0.15, -0.1) is 0 Å². The molecule has 4 saturated carbocycles. The molecule has 4 aliphatic rings. The fraction of sp³-hybridized carbons (Fsp3) is 0.912. The van der Waals surface area contributed by atoms with Gasteiger partial charge in [0.05, 0.1) is 72.9 Å². The van der Waals surface area contributed by atoms with Crippen molar-refractivity contribution in [2.24, 2.45) is 81.8 Å². The van der Waals surface area contributed by atoms with Crippen LogP contribution in [0.25, 0.3) is 0 Å². The van der Waals surface area contributed by atoms with E-state index >= 15 is 0 Å². The molecule has 0 radical (unpaired) electrons. The third-order valence-electron chi connectivity index (χ3n) is 23.3. The van der Waals surface area contributed by atoms with Gasteiger partial charge in [0.2, 0.25) is 11.8 Å². The molecule has 0 heterocycles. The first-order valence-electron chi connectivity index (χ1n) is 44.0. The molecule has 0 saturated heterocycles. The Morgan fingerprint density at radius 1 is 0.413 bits per heavy atom. The second-order valence-corrected chi connectivity index (χ2v) is 38.0. The molecule has 6 N–H and O–H groups in total. The first kappa shape index (κ1) is 104. The van der Waals surface area contributed by atoms with Crippen LogP contribution in [0.15, 0.2) is 0 Å². The molecule has 0 aromatic rings. The summed E-state index contributed by atoms with van der Waals surface area (Å²) < 4.78 is 26.5. The number of rotatable bonds is 47. The molecular weight excluding hydrogens is 1370 g/mol. The number of hydrogen-bond donors (Lipinski definition) is 6. The van der Waals surface area contributed by atoms with Gasteiger partial charge in [-0.1, -0.05) is 185 Å². The minimum absolute atomic E-state index is 0.0176. The van der Waals surface area contributed by atoms with Gasteiger partial charge in [0.15, 0.2) is 28.9 Å². The molecule has 0 aromatic carbocycles. The van der Waals surface area contributed by atoms with Gasteiger partial charge in [0.25, 0.3) is 0 Å². The number of amides is 2. The van der Waals surface area contributed by atoms with Crippen molar-refractivity contribution in [3.63, 3.8) is 0 Å². The van der Waals surface area contributed by atoms with Crippen molar-refractivity contribution < 1.29 is 57.3 Å². The first-order valence-corrected chi connectivity index (χ1v) is 44.0. The SMILES string of the molecule is CC(C)NC(CCC(=O)NC(CCC(=O)NC(CCC(=O)C(C)C)C(=O)C(C)C)C(=O)C(C)C)C(=O)C(C)C.CC(C)NCCCC(NC(C)C)C(=O)C(C)C.CC(C)OC[C@@H](C)C1CCC2C3C(OC(C)C)CC4CC(OC(C)C)CCC4(C)C3CC(OC(C)C)C21C.CCCCC[C@H](NC(C)C)C(=O)C(C)C. The van der Waals surface area contributed by atoms with Gasteiger partial charge in [0, 0.05) is 91.0 Å². The van der Waals surface area contributed by atoms with Crippen LogP contribution >= 0.6 is 0 Å². The van der Waals surface area contributed by atoms with E-state index in [0.717, 1.165) is 38.8 Å². The zero-order valence-electron chi connectivity index (χ0n) is 75.9. The van der Waals surface area contributed by atoms with Crippen LogP contribution in [0, 0.1) is 81.8 Å². The van der Waals surface area contributed by atoms with Crippen molar-refractivity contribution in [3.8, 4) is 0 Å². The molecular formula is C91H172N6O12. The number of ketones is 6. The summed E-state index contributed by atoms with van der Waals surface area (Å²) in [6, 6.07) is -0.670. The molecule has 109 heavy (non-hydrogen) atoms. The summed E-state index contributed by atoms with van der Waals surface area (Å²) in [4.78, 5) is 99.6. The lowest BCUT2D eigenvalue weighted by Gasteiger charge is -2.65. The fourth-order valence-electron chi connectivity index (χ4n) is 17.7. The molecule has 4 aliphatic carbocycles. The predicted molar refractivity (Wildman–Crippen MR) is 450 cm³/mol. The second kappa shape index (κ2) is 51.6. The van der Waals surface area contributed by atoms with E-state index in [9.17, 15) is 38.4 Å². The maximum atomic E-state index is 12.8. The Balaban J connectivity index is 0.000000787. The Morgan fingerprint density at radius 3 is 1.24 bits per heavy atom. The number of nitrogens with one attached hydrogen (secondary N) is 6. The van der Waals surface area contributed by atoms with Crippen LogP contribution in [0.2, 0.25) is 0 Å². The minimum atomic E-state index is -0.859. The first-order chi connectivity index (χ1) is 50.6. The van der Waals surface area contributed by atoms with E-state index in [-0.39, 0.29) is 139 Å². The van der Waals surface area contributed by atoms with Gasteiger partial charge >= 0.3 is 0 Å². The summed E-state index contributed by atoms with van der Waals surface area (Å²) >= 11 is 0. The zero-order valence-corrected chi connectivity index (χ0v) is 75.9. The molecule has 0 bridgehead atoms. The Bertz CT molecular complexity index is 2630. The highest BCUT2D eigenvalue weighted by Crippen LogP contribution is 2.69. The number of carbonyl (C=O) groups excluding carboxylic acids is 8. The van der Waals surface area contributed by atoms with E-state index in [1.807, 2.05) is 55.4 Å². The molecule has 0 spiro atoms. The number of Topliss-reactive ketones (excluding diaryl/α,β-unsaturated/α-hetero) is 6. The van der Waals surface area contributed by atoms with E-state index in [4.69, 9.17) is 18.9 Å². The van der Waals surface area contributed by atoms with Crippen LogP contribution in [0.5, 0.6) is 0 Å². The topological polar surface area (TPSA) is 246 Å². The lowest BCUT2D eigenvalue weighted by molar-refractivity contribution is -0.238. The summed E-state index contributed by atoms with van der Waals surface area (Å²) in [6.45, 7) is 68.0. The van der Waals surface area contributed by atoms with Crippen molar-refractivity contribution in [2.45, 2.75) is 441 Å². The highest BCUT2D eigenvalue weighted by Gasteiger charge is 2.67.